The Morgan fingerprint density at radius 3 is 1.48 bits per heavy atom. The van der Waals surface area contributed by atoms with Crippen molar-refractivity contribution in [2.45, 2.75) is 52.4 Å². The van der Waals surface area contributed by atoms with Gasteiger partial charge in [-0.3, -0.25) is 0 Å². The molecule has 3 heteroatoms. The molecule has 0 aliphatic heterocycles. The fraction of sp³-hybridized carbons (Fsp3) is 0.195. The first-order chi connectivity index (χ1) is 20.8. The molecule has 44 heavy (non-hydrogen) atoms. The topological polar surface area (TPSA) is 0 Å². The standard InChI is InChI=1S/2C17H11.C7H14.2ClH.Zr/c2*1-2-6-15-12(4-1)8-10-14-11-9-13-5-3-7-16(13)17(14)15;1-3-5-7-6-4-2;;;/h2*1-6,8-10H,11H2;3-6H2,1-2H3;2*1H;/q;;;;;+2/p-2. The minimum absolute atomic E-state index is 0. The van der Waals surface area contributed by atoms with Crippen LogP contribution >= 0.6 is 0 Å². The Morgan fingerprint density at radius 1 is 0.568 bits per heavy atom. The first-order valence-corrected chi connectivity index (χ1v) is 19.5. The van der Waals surface area contributed by atoms with Crippen LogP contribution in [0.25, 0.3) is 32.7 Å². The summed E-state index contributed by atoms with van der Waals surface area (Å²) in [5, 5.41) is 5.55. The maximum Gasteiger partial charge on any atom is -1.00 e. The molecule has 218 valence electrons. The number of hydrogen-bond acceptors (Lipinski definition) is 0. The van der Waals surface area contributed by atoms with Gasteiger partial charge in [0.25, 0.3) is 0 Å². The Morgan fingerprint density at radius 2 is 1.02 bits per heavy atom. The van der Waals surface area contributed by atoms with Gasteiger partial charge in [-0.15, -0.1) is 0 Å². The second-order valence-electron chi connectivity index (χ2n) is 12.1. The van der Waals surface area contributed by atoms with E-state index in [4.69, 9.17) is 0 Å². The summed E-state index contributed by atoms with van der Waals surface area (Å²) in [6.45, 7) is 4.76. The Balaban J connectivity index is 0.00000171. The van der Waals surface area contributed by atoms with Crippen molar-refractivity contribution in [2.75, 3.05) is 0 Å². The molecule has 0 fully saturated rings. The van der Waals surface area contributed by atoms with Gasteiger partial charge in [0.2, 0.25) is 0 Å². The van der Waals surface area contributed by atoms with Crippen LogP contribution in [0.4, 0.5) is 0 Å². The van der Waals surface area contributed by atoms with Crippen LogP contribution in [0.3, 0.4) is 0 Å². The average molecular weight is 691 g/mol. The zero-order valence-electron chi connectivity index (χ0n) is 25.4. The molecule has 0 unspecified atom stereocenters. The molecule has 0 aromatic heterocycles. The normalized spacial score (nSPS) is 15.5. The van der Waals surface area contributed by atoms with Crippen LogP contribution in [-0.4, -0.2) is 3.21 Å². The molecule has 0 saturated carbocycles. The Kier molecular flexibility index (Phi) is 9.13. The van der Waals surface area contributed by atoms with Gasteiger partial charge in [0, 0.05) is 0 Å². The monoisotopic (exact) mass is 688 g/mol. The summed E-state index contributed by atoms with van der Waals surface area (Å²) in [5.74, 6) is 0. The number of rotatable bonds is 6. The van der Waals surface area contributed by atoms with E-state index < -0.39 is 21.3 Å². The van der Waals surface area contributed by atoms with Gasteiger partial charge in [-0.25, -0.2) is 0 Å². The SMILES string of the molecule is CCC[C](CCC)=[Zr+2]([C]1=C2C(=CCc3ccc4ccccc4c32)C=C1)[C]1=C2C(=CCc3ccc4ccccc4c32)C=C1.[Cl-].[Cl-]. The molecule has 0 heterocycles. The van der Waals surface area contributed by atoms with E-state index in [-0.39, 0.29) is 24.8 Å². The third-order valence-corrected chi connectivity index (χ3v) is 17.2. The molecule has 0 atom stereocenters. The van der Waals surface area contributed by atoms with Gasteiger partial charge in [-0.05, 0) is 0 Å². The second-order valence-corrected chi connectivity index (χ2v) is 18.3. The summed E-state index contributed by atoms with van der Waals surface area (Å²) in [7, 11) is 0. The Labute approximate surface area is 281 Å². The van der Waals surface area contributed by atoms with Crippen LogP contribution in [0.15, 0.2) is 127 Å². The van der Waals surface area contributed by atoms with Crippen molar-refractivity contribution >= 4 is 35.9 Å². The van der Waals surface area contributed by atoms with E-state index in [9.17, 15) is 0 Å². The zero-order valence-corrected chi connectivity index (χ0v) is 29.4. The van der Waals surface area contributed by atoms with Gasteiger partial charge in [-0.1, -0.05) is 0 Å². The van der Waals surface area contributed by atoms with Crippen LogP contribution in [0, 0.1) is 0 Å². The van der Waals surface area contributed by atoms with Crippen molar-refractivity contribution in [3.8, 4) is 0 Å². The van der Waals surface area contributed by atoms with Crippen molar-refractivity contribution in [3.05, 3.63) is 149 Å². The van der Waals surface area contributed by atoms with Crippen LogP contribution in [-0.2, 0) is 34.1 Å². The fourth-order valence-electron chi connectivity index (χ4n) is 7.81. The van der Waals surface area contributed by atoms with E-state index in [1.807, 2.05) is 3.21 Å². The number of fused-ring (bicyclic) bond motifs is 10. The number of halogens is 2. The molecule has 8 rings (SSSR count). The predicted molar refractivity (Wildman–Crippen MR) is 178 cm³/mol. The molecule has 0 nitrogen and oxygen atoms in total. The third-order valence-electron chi connectivity index (χ3n) is 9.59. The first kappa shape index (κ1) is 31.2. The van der Waals surface area contributed by atoms with E-state index in [0.717, 1.165) is 12.8 Å². The van der Waals surface area contributed by atoms with Crippen molar-refractivity contribution in [3.63, 3.8) is 0 Å². The molecule has 4 aliphatic rings. The van der Waals surface area contributed by atoms with Crippen molar-refractivity contribution in [2.24, 2.45) is 0 Å². The quantitative estimate of drug-likeness (QED) is 0.277. The fourth-order valence-corrected chi connectivity index (χ4v) is 16.6. The van der Waals surface area contributed by atoms with Crippen molar-refractivity contribution in [1.29, 1.82) is 0 Å². The van der Waals surface area contributed by atoms with Crippen LogP contribution in [0.2, 0.25) is 0 Å². The van der Waals surface area contributed by atoms with E-state index in [0.29, 0.717) is 0 Å². The molecular formula is C41H36Cl2Zr. The van der Waals surface area contributed by atoms with E-state index in [1.165, 1.54) is 80.6 Å². The summed E-state index contributed by atoms with van der Waals surface area (Å²) in [4.78, 5) is 0. The Hall–Kier alpha value is -2.83. The minimum atomic E-state index is -2.57. The molecule has 0 saturated heterocycles. The van der Waals surface area contributed by atoms with Gasteiger partial charge in [0.05, 0.1) is 0 Å². The maximum atomic E-state index is 2.56. The molecular weight excluding hydrogens is 655 g/mol. The summed E-state index contributed by atoms with van der Waals surface area (Å²) in [6, 6.07) is 27.5. The summed E-state index contributed by atoms with van der Waals surface area (Å²) in [6.07, 6.45) is 22.0. The average Bonchev–Trinajstić information content (AvgIpc) is 3.66. The summed E-state index contributed by atoms with van der Waals surface area (Å²) < 4.78 is 5.26. The van der Waals surface area contributed by atoms with E-state index >= 15 is 0 Å². The number of benzene rings is 4. The minimum Gasteiger partial charge on any atom is -1.00 e. The van der Waals surface area contributed by atoms with Gasteiger partial charge >= 0.3 is 259 Å². The number of hydrogen-bond donors (Lipinski definition) is 0. The predicted octanol–water partition coefficient (Wildman–Crippen LogP) is 4.62. The molecule has 0 spiro atoms. The van der Waals surface area contributed by atoms with Crippen molar-refractivity contribution in [1.82, 2.24) is 0 Å². The van der Waals surface area contributed by atoms with Crippen LogP contribution in [0.5, 0.6) is 0 Å². The summed E-state index contributed by atoms with van der Waals surface area (Å²) >= 11 is -2.57. The van der Waals surface area contributed by atoms with Gasteiger partial charge in [0.15, 0.2) is 0 Å². The van der Waals surface area contributed by atoms with Gasteiger partial charge < -0.3 is 24.8 Å². The molecule has 4 aliphatic carbocycles. The third kappa shape index (κ3) is 4.97. The van der Waals surface area contributed by atoms with E-state index in [1.54, 1.807) is 17.7 Å². The molecule has 0 amide bonds. The molecule has 0 radical (unpaired) electrons. The van der Waals surface area contributed by atoms with Crippen LogP contribution in [0.1, 0.15) is 61.8 Å². The van der Waals surface area contributed by atoms with E-state index in [2.05, 4.69) is 123 Å². The largest absolute Gasteiger partial charge is 1.00 e. The molecule has 4 aromatic rings. The number of allylic oxidation sites excluding steroid dienone is 12. The molecule has 0 N–H and O–H groups in total. The summed E-state index contributed by atoms with van der Waals surface area (Å²) in [5.41, 5.74) is 12.0. The molecule has 0 bridgehead atoms. The second kappa shape index (κ2) is 12.9. The van der Waals surface area contributed by atoms with Crippen molar-refractivity contribution < 1.29 is 46.1 Å². The first-order valence-electron chi connectivity index (χ1n) is 15.8. The zero-order chi connectivity index (χ0) is 28.2. The molecule has 4 aromatic carbocycles. The maximum absolute atomic E-state index is 2.57. The van der Waals surface area contributed by atoms with Gasteiger partial charge in [0.1, 0.15) is 0 Å². The Bertz CT molecular complexity index is 1900. The smallest absolute Gasteiger partial charge is 1.00 e. The van der Waals surface area contributed by atoms with Crippen LogP contribution < -0.4 is 24.8 Å². The van der Waals surface area contributed by atoms with Gasteiger partial charge in [-0.2, -0.15) is 0 Å².